The second-order valence-corrected chi connectivity index (χ2v) is 9.84. The summed E-state index contributed by atoms with van der Waals surface area (Å²) in [5.74, 6) is 2.30. The Labute approximate surface area is 187 Å². The summed E-state index contributed by atoms with van der Waals surface area (Å²) in [4.78, 5) is 40.5. The number of carbonyl (C=O) groups is 2. The van der Waals surface area contributed by atoms with Gasteiger partial charge in [-0.25, -0.2) is 14.8 Å². The summed E-state index contributed by atoms with van der Waals surface area (Å²) in [6.45, 7) is 11.6. The minimum Gasteiger partial charge on any atom is -0.462 e. The number of hydrogen-bond acceptors (Lipinski definition) is 7. The molecule has 2 aromatic heterocycles. The van der Waals surface area contributed by atoms with Gasteiger partial charge in [0, 0.05) is 32.1 Å². The molecule has 4 rings (SSSR count). The Morgan fingerprint density at radius 2 is 1.87 bits per heavy atom. The van der Waals surface area contributed by atoms with E-state index in [1.165, 1.54) is 17.8 Å². The molecule has 7 nitrogen and oxygen atoms in total. The molecule has 31 heavy (non-hydrogen) atoms. The number of aromatic nitrogens is 2. The van der Waals surface area contributed by atoms with Crippen LogP contribution in [-0.2, 0) is 9.53 Å². The molecule has 8 heteroatoms. The number of amides is 1. The van der Waals surface area contributed by atoms with Crippen molar-refractivity contribution in [2.45, 2.75) is 53.4 Å². The van der Waals surface area contributed by atoms with Crippen molar-refractivity contribution in [3.05, 3.63) is 16.3 Å². The van der Waals surface area contributed by atoms with Gasteiger partial charge in [0.25, 0.3) is 0 Å². The zero-order valence-electron chi connectivity index (χ0n) is 18.9. The lowest BCUT2D eigenvalue weighted by atomic mass is 9.92. The second-order valence-electron chi connectivity index (χ2n) is 8.84. The van der Waals surface area contributed by atoms with Crippen LogP contribution in [0.25, 0.3) is 10.2 Å². The standard InChI is InChI=1S/C23H32N4O3S/c1-5-30-23(29)19-15(3)18-20(24-16(4)25-21(18)31-19)26-11-8-17(9-12-26)22(28)27-10-6-7-14(2)13-27/h14,17H,5-13H2,1-4H3/t14-/m0/s1. The fraction of sp³-hybridized carbons (Fsp3) is 0.652. The van der Waals surface area contributed by atoms with Gasteiger partial charge < -0.3 is 14.5 Å². The van der Waals surface area contributed by atoms with E-state index >= 15 is 0 Å². The Kier molecular flexibility index (Phi) is 6.46. The molecule has 0 N–H and O–H groups in total. The van der Waals surface area contributed by atoms with Crippen LogP contribution in [0, 0.1) is 25.7 Å². The third-order valence-corrected chi connectivity index (χ3v) is 7.62. The van der Waals surface area contributed by atoms with Gasteiger partial charge in [-0.15, -0.1) is 11.3 Å². The zero-order chi connectivity index (χ0) is 22.1. The summed E-state index contributed by atoms with van der Waals surface area (Å²) in [5, 5.41) is 0.938. The minimum absolute atomic E-state index is 0.0960. The number of rotatable bonds is 4. The van der Waals surface area contributed by atoms with Gasteiger partial charge in [0.2, 0.25) is 5.91 Å². The first-order valence-electron chi connectivity index (χ1n) is 11.4. The van der Waals surface area contributed by atoms with E-state index in [2.05, 4.69) is 21.7 Å². The maximum Gasteiger partial charge on any atom is 0.348 e. The van der Waals surface area contributed by atoms with E-state index in [0.29, 0.717) is 29.1 Å². The summed E-state index contributed by atoms with van der Waals surface area (Å²) >= 11 is 1.38. The topological polar surface area (TPSA) is 75.6 Å². The van der Waals surface area contributed by atoms with E-state index in [9.17, 15) is 9.59 Å². The molecule has 0 bridgehead atoms. The van der Waals surface area contributed by atoms with Gasteiger partial charge in [0.15, 0.2) is 0 Å². The van der Waals surface area contributed by atoms with E-state index in [-0.39, 0.29) is 11.9 Å². The average Bonchev–Trinajstić information content (AvgIpc) is 3.09. The van der Waals surface area contributed by atoms with Crippen molar-refractivity contribution < 1.29 is 14.3 Å². The maximum absolute atomic E-state index is 13.0. The highest BCUT2D eigenvalue weighted by Gasteiger charge is 2.32. The quantitative estimate of drug-likeness (QED) is 0.665. The van der Waals surface area contributed by atoms with E-state index in [0.717, 1.165) is 67.0 Å². The molecule has 2 aliphatic rings. The van der Waals surface area contributed by atoms with Crippen molar-refractivity contribution in [3.8, 4) is 0 Å². The lowest BCUT2D eigenvalue weighted by Crippen LogP contribution is -2.46. The number of thiophene rings is 1. The van der Waals surface area contributed by atoms with Crippen LogP contribution in [-0.4, -0.2) is 59.5 Å². The molecule has 0 aromatic carbocycles. The molecule has 4 heterocycles. The molecule has 0 aliphatic carbocycles. The summed E-state index contributed by atoms with van der Waals surface area (Å²) in [6, 6.07) is 0. The summed E-state index contributed by atoms with van der Waals surface area (Å²) in [7, 11) is 0. The normalized spacial score (nSPS) is 20.3. The van der Waals surface area contributed by atoms with Gasteiger partial charge in [0.1, 0.15) is 21.3 Å². The number of aryl methyl sites for hydroxylation is 2. The van der Waals surface area contributed by atoms with Crippen LogP contribution in [0.2, 0.25) is 0 Å². The van der Waals surface area contributed by atoms with E-state index in [1.807, 2.05) is 20.8 Å². The number of fused-ring (bicyclic) bond motifs is 1. The molecule has 1 atom stereocenters. The summed E-state index contributed by atoms with van der Waals surface area (Å²) in [6.07, 6.45) is 4.01. The summed E-state index contributed by atoms with van der Waals surface area (Å²) < 4.78 is 5.23. The van der Waals surface area contributed by atoms with Crippen LogP contribution in [0.3, 0.4) is 0 Å². The third kappa shape index (κ3) is 4.40. The molecule has 2 saturated heterocycles. The molecular weight excluding hydrogens is 412 g/mol. The lowest BCUT2D eigenvalue weighted by molar-refractivity contribution is -0.137. The minimum atomic E-state index is -0.299. The molecule has 2 fully saturated rings. The molecule has 168 valence electrons. The highest BCUT2D eigenvalue weighted by atomic mass is 32.1. The largest absolute Gasteiger partial charge is 0.462 e. The lowest BCUT2D eigenvalue weighted by Gasteiger charge is -2.37. The molecular formula is C23H32N4O3S. The number of likely N-dealkylation sites (tertiary alicyclic amines) is 1. The Morgan fingerprint density at radius 1 is 1.13 bits per heavy atom. The average molecular weight is 445 g/mol. The van der Waals surface area contributed by atoms with Crippen LogP contribution >= 0.6 is 11.3 Å². The van der Waals surface area contributed by atoms with Crippen molar-refractivity contribution in [1.29, 1.82) is 0 Å². The van der Waals surface area contributed by atoms with E-state index in [1.54, 1.807) is 0 Å². The van der Waals surface area contributed by atoms with Crippen molar-refractivity contribution in [3.63, 3.8) is 0 Å². The SMILES string of the molecule is CCOC(=O)c1sc2nc(C)nc(N3CCC(C(=O)N4CCC[C@H](C)C4)CC3)c2c1C. The van der Waals surface area contributed by atoms with Crippen LogP contribution in [0.1, 0.15) is 60.6 Å². The first-order chi connectivity index (χ1) is 14.9. The van der Waals surface area contributed by atoms with Gasteiger partial charge in [-0.3, -0.25) is 4.79 Å². The molecule has 2 aliphatic heterocycles. The molecule has 0 saturated carbocycles. The smallest absolute Gasteiger partial charge is 0.348 e. The molecule has 1 amide bonds. The van der Waals surface area contributed by atoms with Gasteiger partial charge >= 0.3 is 5.97 Å². The van der Waals surface area contributed by atoms with Crippen molar-refractivity contribution in [2.75, 3.05) is 37.7 Å². The number of anilines is 1. The van der Waals surface area contributed by atoms with Gasteiger partial charge in [-0.1, -0.05) is 6.92 Å². The zero-order valence-corrected chi connectivity index (χ0v) is 19.8. The molecule has 2 aromatic rings. The molecule has 0 radical (unpaired) electrons. The Balaban J connectivity index is 1.53. The highest BCUT2D eigenvalue weighted by Crippen LogP contribution is 2.37. The highest BCUT2D eigenvalue weighted by molar-refractivity contribution is 7.20. The number of carbonyl (C=O) groups excluding carboxylic acids is 2. The molecule has 0 spiro atoms. The van der Waals surface area contributed by atoms with Crippen LogP contribution in [0.5, 0.6) is 0 Å². The number of esters is 1. The number of ether oxygens (including phenoxy) is 1. The fourth-order valence-corrected chi connectivity index (χ4v) is 5.94. The predicted octanol–water partition coefficient (Wildman–Crippen LogP) is 3.96. The van der Waals surface area contributed by atoms with E-state index in [4.69, 9.17) is 9.72 Å². The van der Waals surface area contributed by atoms with Crippen LogP contribution < -0.4 is 4.90 Å². The third-order valence-electron chi connectivity index (χ3n) is 6.46. The Hall–Kier alpha value is -2.22. The second kappa shape index (κ2) is 9.10. The first kappa shape index (κ1) is 22.0. The van der Waals surface area contributed by atoms with Gasteiger partial charge in [0.05, 0.1) is 12.0 Å². The van der Waals surface area contributed by atoms with Crippen molar-refractivity contribution in [1.82, 2.24) is 14.9 Å². The first-order valence-corrected chi connectivity index (χ1v) is 12.2. The predicted molar refractivity (Wildman–Crippen MR) is 123 cm³/mol. The van der Waals surface area contributed by atoms with E-state index < -0.39 is 0 Å². The Morgan fingerprint density at radius 3 is 2.55 bits per heavy atom. The van der Waals surface area contributed by atoms with Crippen molar-refractivity contribution in [2.24, 2.45) is 11.8 Å². The van der Waals surface area contributed by atoms with Crippen LogP contribution in [0.4, 0.5) is 5.82 Å². The number of hydrogen-bond donors (Lipinski definition) is 0. The number of nitrogens with zero attached hydrogens (tertiary/aromatic N) is 4. The monoisotopic (exact) mass is 444 g/mol. The van der Waals surface area contributed by atoms with Gasteiger partial charge in [-0.05, 0) is 57.9 Å². The summed E-state index contributed by atoms with van der Waals surface area (Å²) in [5.41, 5.74) is 0.883. The maximum atomic E-state index is 13.0. The molecule has 0 unspecified atom stereocenters. The fourth-order valence-electron chi connectivity index (χ4n) is 4.83. The Bertz CT molecular complexity index is 981. The number of piperidine rings is 2. The van der Waals surface area contributed by atoms with Crippen molar-refractivity contribution >= 4 is 39.2 Å². The van der Waals surface area contributed by atoms with Gasteiger partial charge in [-0.2, -0.15) is 0 Å². The van der Waals surface area contributed by atoms with Crippen LogP contribution in [0.15, 0.2) is 0 Å².